The van der Waals surface area contributed by atoms with Gasteiger partial charge in [0.2, 0.25) is 0 Å². The Labute approximate surface area is 131 Å². The number of nitrogens with one attached hydrogen (secondary N) is 1. The van der Waals surface area contributed by atoms with Crippen LogP contribution < -0.4 is 5.32 Å². The summed E-state index contributed by atoms with van der Waals surface area (Å²) in [6.07, 6.45) is 3.42. The van der Waals surface area contributed by atoms with Crippen molar-refractivity contribution < 1.29 is 9.84 Å². The minimum Gasteiger partial charge on any atom is -0.388 e. The number of aromatic nitrogens is 1. The largest absolute Gasteiger partial charge is 0.388 e. The standard InChI is InChI=1S/C18H24N2O2/c1-2-5-14-12-17(15-6-3-4-7-16(15)20-14)19-13-18(21)8-10-22-11-9-18/h3-4,6-7,12,21H,2,5,8-11,13H2,1H3,(H,19,20). The van der Waals surface area contributed by atoms with Crippen LogP contribution in [0.15, 0.2) is 30.3 Å². The van der Waals surface area contributed by atoms with Crippen LogP contribution in [-0.4, -0.2) is 35.5 Å². The third-order valence-corrected chi connectivity index (χ3v) is 4.31. The second-order valence-electron chi connectivity index (χ2n) is 6.12. The lowest BCUT2D eigenvalue weighted by Crippen LogP contribution is -2.42. The van der Waals surface area contributed by atoms with Gasteiger partial charge >= 0.3 is 0 Å². The Hall–Kier alpha value is -1.65. The number of hydrogen-bond acceptors (Lipinski definition) is 4. The van der Waals surface area contributed by atoms with E-state index in [1.165, 1.54) is 0 Å². The van der Waals surface area contributed by atoms with E-state index in [9.17, 15) is 5.11 Å². The van der Waals surface area contributed by atoms with Gasteiger partial charge in [0.25, 0.3) is 0 Å². The van der Waals surface area contributed by atoms with Crippen molar-refractivity contribution in [1.82, 2.24) is 4.98 Å². The minimum absolute atomic E-state index is 0.552. The molecule has 0 amide bonds. The topological polar surface area (TPSA) is 54.4 Å². The molecular weight excluding hydrogens is 276 g/mol. The Morgan fingerprint density at radius 3 is 2.82 bits per heavy atom. The summed E-state index contributed by atoms with van der Waals surface area (Å²) < 4.78 is 5.34. The molecule has 2 heterocycles. The lowest BCUT2D eigenvalue weighted by Gasteiger charge is -2.32. The number of ether oxygens (including phenoxy) is 1. The monoisotopic (exact) mass is 300 g/mol. The lowest BCUT2D eigenvalue weighted by atomic mass is 9.94. The molecule has 0 bridgehead atoms. The Bertz CT molecular complexity index is 636. The van der Waals surface area contributed by atoms with Crippen LogP contribution in [0.1, 0.15) is 31.9 Å². The fourth-order valence-corrected chi connectivity index (χ4v) is 2.95. The minimum atomic E-state index is -0.673. The van der Waals surface area contributed by atoms with Gasteiger partial charge in [-0.3, -0.25) is 4.98 Å². The second kappa shape index (κ2) is 6.63. The molecule has 2 N–H and O–H groups in total. The van der Waals surface area contributed by atoms with Crippen molar-refractivity contribution in [2.75, 3.05) is 25.1 Å². The quantitative estimate of drug-likeness (QED) is 0.890. The van der Waals surface area contributed by atoms with Gasteiger partial charge in [0.1, 0.15) is 0 Å². The van der Waals surface area contributed by atoms with Gasteiger partial charge in [0.05, 0.1) is 11.1 Å². The molecule has 0 aliphatic carbocycles. The SMILES string of the molecule is CCCc1cc(NCC2(O)CCOCC2)c2ccccc2n1. The van der Waals surface area contributed by atoms with Crippen LogP contribution in [0.25, 0.3) is 10.9 Å². The van der Waals surface area contributed by atoms with Crippen molar-refractivity contribution in [2.24, 2.45) is 0 Å². The summed E-state index contributed by atoms with van der Waals surface area (Å²) in [5.41, 5.74) is 2.50. The van der Waals surface area contributed by atoms with E-state index in [-0.39, 0.29) is 0 Å². The molecule has 118 valence electrons. The number of hydrogen-bond donors (Lipinski definition) is 2. The van der Waals surface area contributed by atoms with Crippen LogP contribution in [0.5, 0.6) is 0 Å². The molecule has 4 heteroatoms. The molecular formula is C18H24N2O2. The van der Waals surface area contributed by atoms with Crippen LogP contribution in [0.3, 0.4) is 0 Å². The molecule has 0 spiro atoms. The van der Waals surface area contributed by atoms with E-state index in [1.807, 2.05) is 18.2 Å². The van der Waals surface area contributed by atoms with Crippen LogP contribution in [0, 0.1) is 0 Å². The van der Waals surface area contributed by atoms with Crippen LogP contribution in [0.4, 0.5) is 5.69 Å². The molecule has 0 atom stereocenters. The van der Waals surface area contributed by atoms with Gasteiger partial charge in [-0.05, 0) is 18.6 Å². The van der Waals surface area contributed by atoms with Gasteiger partial charge in [0, 0.05) is 49.4 Å². The zero-order chi connectivity index (χ0) is 15.4. The lowest BCUT2D eigenvalue weighted by molar-refractivity contribution is -0.0543. The molecule has 4 nitrogen and oxygen atoms in total. The predicted molar refractivity (Wildman–Crippen MR) is 89.2 cm³/mol. The molecule has 1 aliphatic rings. The zero-order valence-electron chi connectivity index (χ0n) is 13.1. The highest BCUT2D eigenvalue weighted by molar-refractivity contribution is 5.91. The molecule has 3 rings (SSSR count). The van der Waals surface area contributed by atoms with E-state index in [1.54, 1.807) is 0 Å². The first-order valence-corrected chi connectivity index (χ1v) is 8.13. The summed E-state index contributed by atoms with van der Waals surface area (Å²) in [7, 11) is 0. The van der Waals surface area contributed by atoms with Gasteiger partial charge < -0.3 is 15.2 Å². The highest BCUT2D eigenvalue weighted by Gasteiger charge is 2.29. The predicted octanol–water partition coefficient (Wildman–Crippen LogP) is 3.14. The van der Waals surface area contributed by atoms with Crippen LogP contribution in [0.2, 0.25) is 0 Å². The molecule has 0 radical (unpaired) electrons. The number of para-hydroxylation sites is 1. The smallest absolute Gasteiger partial charge is 0.0863 e. The van der Waals surface area contributed by atoms with E-state index < -0.39 is 5.60 Å². The van der Waals surface area contributed by atoms with Gasteiger partial charge in [-0.15, -0.1) is 0 Å². The molecule has 1 aromatic heterocycles. The van der Waals surface area contributed by atoms with Gasteiger partial charge in [-0.25, -0.2) is 0 Å². The number of aryl methyl sites for hydroxylation is 1. The summed E-state index contributed by atoms with van der Waals surface area (Å²) >= 11 is 0. The Morgan fingerprint density at radius 2 is 2.05 bits per heavy atom. The van der Waals surface area contributed by atoms with Crippen molar-refractivity contribution in [3.63, 3.8) is 0 Å². The fourth-order valence-electron chi connectivity index (χ4n) is 2.95. The maximum absolute atomic E-state index is 10.6. The third-order valence-electron chi connectivity index (χ3n) is 4.31. The normalized spacial score (nSPS) is 17.5. The Balaban J connectivity index is 1.85. The number of pyridine rings is 1. The zero-order valence-corrected chi connectivity index (χ0v) is 13.1. The summed E-state index contributed by atoms with van der Waals surface area (Å²) in [5.74, 6) is 0. The first-order chi connectivity index (χ1) is 10.7. The van der Waals surface area contributed by atoms with Gasteiger partial charge in [-0.2, -0.15) is 0 Å². The third kappa shape index (κ3) is 3.39. The summed E-state index contributed by atoms with van der Waals surface area (Å²) in [5, 5.41) is 15.2. The van der Waals surface area contributed by atoms with Crippen molar-refractivity contribution in [3.05, 3.63) is 36.0 Å². The number of benzene rings is 1. The van der Waals surface area contributed by atoms with Crippen molar-refractivity contribution in [2.45, 2.75) is 38.2 Å². The number of aliphatic hydroxyl groups is 1. The number of nitrogens with zero attached hydrogens (tertiary/aromatic N) is 1. The summed E-state index contributed by atoms with van der Waals surface area (Å²) in [4.78, 5) is 4.72. The molecule has 2 aromatic rings. The first-order valence-electron chi connectivity index (χ1n) is 8.13. The number of rotatable bonds is 5. The summed E-state index contributed by atoms with van der Waals surface area (Å²) in [6.45, 7) is 3.98. The average molecular weight is 300 g/mol. The second-order valence-corrected chi connectivity index (χ2v) is 6.12. The van der Waals surface area contributed by atoms with Gasteiger partial charge in [-0.1, -0.05) is 31.5 Å². The van der Waals surface area contributed by atoms with Crippen molar-refractivity contribution in [3.8, 4) is 0 Å². The maximum Gasteiger partial charge on any atom is 0.0863 e. The van der Waals surface area contributed by atoms with Crippen LogP contribution in [-0.2, 0) is 11.2 Å². The Kier molecular flexibility index (Phi) is 4.60. The van der Waals surface area contributed by atoms with Crippen LogP contribution >= 0.6 is 0 Å². The van der Waals surface area contributed by atoms with E-state index in [2.05, 4.69) is 24.4 Å². The molecule has 0 saturated carbocycles. The van der Waals surface area contributed by atoms with E-state index in [0.29, 0.717) is 32.6 Å². The Morgan fingerprint density at radius 1 is 1.27 bits per heavy atom. The van der Waals surface area contributed by atoms with Crippen molar-refractivity contribution >= 4 is 16.6 Å². The van der Waals surface area contributed by atoms with Gasteiger partial charge in [0.15, 0.2) is 0 Å². The molecule has 1 aliphatic heterocycles. The number of anilines is 1. The average Bonchev–Trinajstić information content (AvgIpc) is 2.54. The first kappa shape index (κ1) is 15.3. The van der Waals surface area contributed by atoms with E-state index in [0.717, 1.165) is 35.1 Å². The molecule has 1 aromatic carbocycles. The highest BCUT2D eigenvalue weighted by atomic mass is 16.5. The summed E-state index contributed by atoms with van der Waals surface area (Å²) in [6, 6.07) is 10.3. The molecule has 22 heavy (non-hydrogen) atoms. The molecule has 1 fully saturated rings. The fraction of sp³-hybridized carbons (Fsp3) is 0.500. The molecule has 1 saturated heterocycles. The highest BCUT2D eigenvalue weighted by Crippen LogP contribution is 2.26. The van der Waals surface area contributed by atoms with E-state index >= 15 is 0 Å². The van der Waals surface area contributed by atoms with E-state index in [4.69, 9.17) is 9.72 Å². The number of fused-ring (bicyclic) bond motifs is 1. The molecule has 0 unspecified atom stereocenters. The van der Waals surface area contributed by atoms with Crippen molar-refractivity contribution in [1.29, 1.82) is 0 Å². The maximum atomic E-state index is 10.6.